The number of hydrogen-bond acceptors (Lipinski definition) is 7. The molecule has 0 aromatic carbocycles. The van der Waals surface area contributed by atoms with Crippen LogP contribution < -0.4 is 16.0 Å². The van der Waals surface area contributed by atoms with Gasteiger partial charge in [-0.15, -0.1) is 5.92 Å². The van der Waals surface area contributed by atoms with Gasteiger partial charge in [-0.2, -0.15) is 5.10 Å². The van der Waals surface area contributed by atoms with Gasteiger partial charge in [-0.05, 0) is 31.4 Å². The summed E-state index contributed by atoms with van der Waals surface area (Å²) in [4.78, 5) is 40.0. The number of pyridine rings is 1. The van der Waals surface area contributed by atoms with Gasteiger partial charge in [0.05, 0.1) is 11.8 Å². The van der Waals surface area contributed by atoms with Gasteiger partial charge in [0.1, 0.15) is 11.9 Å². The van der Waals surface area contributed by atoms with Crippen molar-refractivity contribution in [2.45, 2.75) is 38.8 Å². The Balaban J connectivity index is 1.48. The van der Waals surface area contributed by atoms with Crippen molar-refractivity contribution in [3.05, 3.63) is 41.3 Å². The Bertz CT molecular complexity index is 1070. The molecule has 2 aromatic rings. The highest BCUT2D eigenvalue weighted by atomic mass is 16.5. The van der Waals surface area contributed by atoms with E-state index in [0.717, 1.165) is 30.9 Å². The van der Waals surface area contributed by atoms with E-state index in [-0.39, 0.29) is 18.7 Å². The highest BCUT2D eigenvalue weighted by Crippen LogP contribution is 2.19. The van der Waals surface area contributed by atoms with Crippen molar-refractivity contribution >= 4 is 23.8 Å². The number of nitrogens with zero attached hydrogens (tertiary/aromatic N) is 3. The number of aryl methyl sites for hydroxylation is 3. The van der Waals surface area contributed by atoms with Gasteiger partial charge in [-0.3, -0.25) is 9.48 Å². The number of carboxylic acid groups (broad SMARTS) is 1. The molecule has 3 rings (SSSR count). The van der Waals surface area contributed by atoms with Gasteiger partial charge in [-0.1, -0.05) is 12.0 Å². The Kier molecular flexibility index (Phi) is 8.24. The first-order valence-electron chi connectivity index (χ1n) is 10.6. The first-order valence-corrected chi connectivity index (χ1v) is 10.6. The maximum Gasteiger partial charge on any atom is 0.408 e. The zero-order chi connectivity index (χ0) is 23.6. The van der Waals surface area contributed by atoms with Crippen molar-refractivity contribution < 1.29 is 24.2 Å². The topological polar surface area (TPSA) is 147 Å². The van der Waals surface area contributed by atoms with E-state index in [2.05, 4.69) is 43.9 Å². The van der Waals surface area contributed by atoms with Gasteiger partial charge < -0.3 is 25.8 Å². The zero-order valence-corrected chi connectivity index (χ0v) is 18.3. The summed E-state index contributed by atoms with van der Waals surface area (Å²) in [7, 11) is 0. The second-order valence-electron chi connectivity index (χ2n) is 7.33. The lowest BCUT2D eigenvalue weighted by Crippen LogP contribution is -2.48. The molecule has 2 amide bonds. The van der Waals surface area contributed by atoms with E-state index in [1.165, 1.54) is 11.8 Å². The van der Waals surface area contributed by atoms with Crippen LogP contribution in [0.2, 0.25) is 0 Å². The van der Waals surface area contributed by atoms with Crippen LogP contribution in [0.3, 0.4) is 0 Å². The zero-order valence-electron chi connectivity index (χ0n) is 18.3. The molecule has 11 heteroatoms. The highest BCUT2D eigenvalue weighted by Gasteiger charge is 2.22. The molecule has 0 aliphatic carbocycles. The quantitative estimate of drug-likeness (QED) is 0.407. The maximum atomic E-state index is 12.4. The summed E-state index contributed by atoms with van der Waals surface area (Å²) in [5.74, 6) is 4.19. The molecule has 2 aromatic heterocycles. The van der Waals surface area contributed by atoms with E-state index in [1.807, 2.05) is 6.07 Å². The van der Waals surface area contributed by atoms with Crippen molar-refractivity contribution in [2.24, 2.45) is 0 Å². The summed E-state index contributed by atoms with van der Waals surface area (Å²) in [6, 6.07) is 2.74. The summed E-state index contributed by atoms with van der Waals surface area (Å²) in [6.45, 7) is 2.57. The van der Waals surface area contributed by atoms with E-state index in [4.69, 9.17) is 4.74 Å². The molecule has 1 atom stereocenters. The number of hydrogen-bond donors (Lipinski definition) is 4. The molecule has 1 unspecified atom stereocenters. The fourth-order valence-electron chi connectivity index (χ4n) is 3.19. The number of aromatic nitrogens is 3. The van der Waals surface area contributed by atoms with Crippen molar-refractivity contribution in [2.75, 3.05) is 25.0 Å². The summed E-state index contributed by atoms with van der Waals surface area (Å²) in [5.41, 5.74) is 2.43. The van der Waals surface area contributed by atoms with Crippen LogP contribution in [0.1, 0.15) is 35.0 Å². The first-order chi connectivity index (χ1) is 16.0. The lowest BCUT2D eigenvalue weighted by molar-refractivity contribution is -0.139. The Morgan fingerprint density at radius 3 is 3.00 bits per heavy atom. The van der Waals surface area contributed by atoms with Gasteiger partial charge in [0, 0.05) is 37.9 Å². The fourth-order valence-corrected chi connectivity index (χ4v) is 3.19. The Labute approximate surface area is 190 Å². The molecule has 0 fully saturated rings. The molecule has 174 valence electrons. The number of nitrogens with one attached hydrogen (secondary N) is 3. The average molecular weight is 454 g/mol. The van der Waals surface area contributed by atoms with E-state index >= 15 is 0 Å². The van der Waals surface area contributed by atoms with Crippen molar-refractivity contribution in [1.82, 2.24) is 25.4 Å². The lowest BCUT2D eigenvalue weighted by atomic mass is 10.1. The third-order valence-corrected chi connectivity index (χ3v) is 4.95. The molecule has 0 bridgehead atoms. The normalized spacial score (nSPS) is 12.9. The number of aliphatic carboxylic acids is 1. The number of carboxylic acids is 1. The van der Waals surface area contributed by atoms with Gasteiger partial charge in [0.15, 0.2) is 6.61 Å². The van der Waals surface area contributed by atoms with Gasteiger partial charge in [0.2, 0.25) is 0 Å². The van der Waals surface area contributed by atoms with Crippen LogP contribution >= 0.6 is 0 Å². The number of fused-ring (bicyclic) bond motifs is 1. The molecule has 0 radical (unpaired) electrons. The van der Waals surface area contributed by atoms with Crippen LogP contribution in [0.25, 0.3) is 0 Å². The number of carbonyl (C=O) groups excluding carboxylic acids is 2. The number of ether oxygens (including phenoxy) is 1. The van der Waals surface area contributed by atoms with E-state index in [9.17, 15) is 19.5 Å². The smallest absolute Gasteiger partial charge is 0.408 e. The minimum atomic E-state index is -1.35. The summed E-state index contributed by atoms with van der Waals surface area (Å²) < 4.78 is 6.36. The summed E-state index contributed by atoms with van der Waals surface area (Å²) >= 11 is 0. The van der Waals surface area contributed by atoms with Crippen molar-refractivity contribution in [3.63, 3.8) is 0 Å². The number of amides is 2. The third kappa shape index (κ3) is 6.96. The van der Waals surface area contributed by atoms with Gasteiger partial charge in [0.25, 0.3) is 5.91 Å². The third-order valence-electron chi connectivity index (χ3n) is 4.95. The van der Waals surface area contributed by atoms with Crippen LogP contribution in [0.5, 0.6) is 0 Å². The molecule has 3 heterocycles. The number of anilines is 1. The molecule has 11 nitrogen and oxygen atoms in total. The van der Waals surface area contributed by atoms with E-state index in [0.29, 0.717) is 13.0 Å². The lowest BCUT2D eigenvalue weighted by Gasteiger charge is -2.17. The molecule has 1 aliphatic heterocycles. The predicted molar refractivity (Wildman–Crippen MR) is 119 cm³/mol. The Morgan fingerprint density at radius 1 is 1.36 bits per heavy atom. The molecule has 1 aliphatic rings. The van der Waals surface area contributed by atoms with Gasteiger partial charge in [-0.25, -0.2) is 14.6 Å². The maximum absolute atomic E-state index is 12.4. The number of rotatable bonds is 9. The van der Waals surface area contributed by atoms with Gasteiger partial charge >= 0.3 is 12.1 Å². The summed E-state index contributed by atoms with van der Waals surface area (Å²) in [5, 5.41) is 21.4. The number of alkyl carbamates (subject to hydrolysis) is 1. The Morgan fingerprint density at radius 2 is 2.21 bits per heavy atom. The molecular weight excluding hydrogens is 428 g/mol. The molecule has 0 saturated heterocycles. The van der Waals surface area contributed by atoms with E-state index in [1.54, 1.807) is 17.8 Å². The Hall–Kier alpha value is -4.07. The molecule has 0 saturated carbocycles. The predicted octanol–water partition coefficient (Wildman–Crippen LogP) is 0.811. The van der Waals surface area contributed by atoms with Crippen LogP contribution in [-0.2, 0) is 28.9 Å². The standard InChI is InChI=1S/C22H26N6O5/c1-2-3-11-33-22(32)27-18(21(30)31)13-24-20(29)16-12-25-28(14-16)10-8-17-7-6-15-5-4-9-23-19(15)26-17/h6-7,12,14,18H,4-5,8-11,13H2,1H3,(H,23,26)(H,24,29)(H,27,32)(H,30,31). The van der Waals surface area contributed by atoms with Crippen LogP contribution in [0.15, 0.2) is 24.5 Å². The molecule has 33 heavy (non-hydrogen) atoms. The summed E-state index contributed by atoms with van der Waals surface area (Å²) in [6.07, 6.45) is 4.82. The molecule has 0 spiro atoms. The number of carbonyl (C=O) groups is 3. The van der Waals surface area contributed by atoms with Crippen molar-refractivity contribution in [1.29, 1.82) is 0 Å². The highest BCUT2D eigenvalue weighted by molar-refractivity contribution is 5.94. The van der Waals surface area contributed by atoms with Crippen LogP contribution in [-0.4, -0.2) is 63.6 Å². The van der Waals surface area contributed by atoms with Crippen molar-refractivity contribution in [3.8, 4) is 11.8 Å². The van der Waals surface area contributed by atoms with E-state index < -0.39 is 24.0 Å². The minimum absolute atomic E-state index is 0.155. The minimum Gasteiger partial charge on any atom is -0.480 e. The second kappa shape index (κ2) is 11.5. The first kappa shape index (κ1) is 23.6. The molecular formula is C22H26N6O5. The van der Waals surface area contributed by atoms with Crippen LogP contribution in [0.4, 0.5) is 10.6 Å². The van der Waals surface area contributed by atoms with Crippen LogP contribution in [0, 0.1) is 11.8 Å². The largest absolute Gasteiger partial charge is 0.480 e. The SMILES string of the molecule is CC#CCOC(=O)NC(CNC(=O)c1cnn(CCc2ccc3c(n2)NCCC3)c1)C(=O)O. The second-order valence-corrected chi connectivity index (χ2v) is 7.33. The molecule has 4 N–H and O–H groups in total. The average Bonchev–Trinajstić information content (AvgIpc) is 3.29. The fraction of sp³-hybridized carbons (Fsp3) is 0.409. The monoisotopic (exact) mass is 454 g/mol.